The fraction of sp³-hybridized carbons (Fsp3) is 0.167. The second-order valence-corrected chi connectivity index (χ2v) is 6.61. The highest BCUT2D eigenvalue weighted by atomic mass is 32.1. The number of halogens is 3. The molecule has 124 valence electrons. The normalized spacial score (nSPS) is 12.4. The Morgan fingerprint density at radius 3 is 2.46 bits per heavy atom. The van der Waals surface area contributed by atoms with Crippen molar-refractivity contribution >= 4 is 27.3 Å². The topological polar surface area (TPSA) is 20.3 Å². The van der Waals surface area contributed by atoms with Crippen molar-refractivity contribution in [2.24, 2.45) is 0 Å². The van der Waals surface area contributed by atoms with Gasteiger partial charge in [-0.25, -0.2) is 13.2 Å². The standard InChI is InChI=1S/C18H14F3NOS/c1-10(11-6-7-14(20)15(21)8-11)22(2)18(23)17-9-12-13(19)4-3-5-16(12)24-17/h3-10H,1-2H3. The van der Waals surface area contributed by atoms with Crippen molar-refractivity contribution in [3.05, 3.63) is 70.4 Å². The average Bonchev–Trinajstić information content (AvgIpc) is 3.01. The number of hydrogen-bond acceptors (Lipinski definition) is 2. The lowest BCUT2D eigenvalue weighted by atomic mass is 10.1. The van der Waals surface area contributed by atoms with Gasteiger partial charge in [-0.1, -0.05) is 12.1 Å². The van der Waals surface area contributed by atoms with E-state index in [1.807, 2.05) is 0 Å². The Balaban J connectivity index is 1.89. The zero-order valence-electron chi connectivity index (χ0n) is 13.0. The quantitative estimate of drug-likeness (QED) is 0.640. The number of benzene rings is 2. The van der Waals surface area contributed by atoms with E-state index >= 15 is 0 Å². The maximum absolute atomic E-state index is 13.8. The van der Waals surface area contributed by atoms with Crippen LogP contribution in [0.25, 0.3) is 10.1 Å². The van der Waals surface area contributed by atoms with E-state index in [1.165, 1.54) is 34.4 Å². The van der Waals surface area contributed by atoms with Crippen LogP contribution in [-0.2, 0) is 0 Å². The summed E-state index contributed by atoms with van der Waals surface area (Å²) in [6, 6.07) is 9.31. The third kappa shape index (κ3) is 2.89. The van der Waals surface area contributed by atoms with E-state index in [2.05, 4.69) is 0 Å². The summed E-state index contributed by atoms with van der Waals surface area (Å²) in [5.41, 5.74) is 0.483. The lowest BCUT2D eigenvalue weighted by molar-refractivity contribution is 0.0747. The first-order chi connectivity index (χ1) is 11.4. The van der Waals surface area contributed by atoms with Gasteiger partial charge in [-0.3, -0.25) is 4.79 Å². The van der Waals surface area contributed by atoms with Crippen LogP contribution in [0.15, 0.2) is 42.5 Å². The minimum atomic E-state index is -0.955. The molecule has 1 unspecified atom stereocenters. The maximum atomic E-state index is 13.8. The first-order valence-electron chi connectivity index (χ1n) is 7.28. The van der Waals surface area contributed by atoms with Gasteiger partial charge >= 0.3 is 0 Å². The van der Waals surface area contributed by atoms with Crippen molar-refractivity contribution in [3.8, 4) is 0 Å². The highest BCUT2D eigenvalue weighted by Gasteiger charge is 2.22. The molecule has 0 saturated heterocycles. The van der Waals surface area contributed by atoms with E-state index in [1.54, 1.807) is 26.1 Å². The lowest BCUT2D eigenvalue weighted by Crippen LogP contribution is -2.29. The number of fused-ring (bicyclic) bond motifs is 1. The summed E-state index contributed by atoms with van der Waals surface area (Å²) >= 11 is 1.20. The second-order valence-electron chi connectivity index (χ2n) is 5.53. The number of hydrogen-bond donors (Lipinski definition) is 0. The second kappa shape index (κ2) is 6.28. The smallest absolute Gasteiger partial charge is 0.264 e. The summed E-state index contributed by atoms with van der Waals surface area (Å²) in [4.78, 5) is 14.5. The molecule has 0 fully saturated rings. The summed E-state index contributed by atoms with van der Waals surface area (Å²) in [5.74, 6) is -2.56. The molecule has 0 saturated carbocycles. The monoisotopic (exact) mass is 349 g/mol. The number of amides is 1. The van der Waals surface area contributed by atoms with Crippen molar-refractivity contribution in [3.63, 3.8) is 0 Å². The summed E-state index contributed by atoms with van der Waals surface area (Å²) in [6.07, 6.45) is 0. The molecule has 0 bridgehead atoms. The third-order valence-electron chi connectivity index (χ3n) is 4.05. The number of rotatable bonds is 3. The summed E-state index contributed by atoms with van der Waals surface area (Å²) < 4.78 is 40.9. The van der Waals surface area contributed by atoms with E-state index in [-0.39, 0.29) is 11.7 Å². The van der Waals surface area contributed by atoms with Crippen molar-refractivity contribution in [2.75, 3.05) is 7.05 Å². The molecule has 0 aliphatic rings. The Hall–Kier alpha value is -2.34. The van der Waals surface area contributed by atoms with Crippen molar-refractivity contribution in [1.82, 2.24) is 4.90 Å². The Kier molecular flexibility index (Phi) is 4.32. The molecule has 24 heavy (non-hydrogen) atoms. The van der Waals surface area contributed by atoms with Gasteiger partial charge in [-0.05, 0) is 42.8 Å². The Morgan fingerprint density at radius 1 is 1.04 bits per heavy atom. The van der Waals surface area contributed by atoms with Gasteiger partial charge in [0.1, 0.15) is 5.82 Å². The van der Waals surface area contributed by atoms with Crippen molar-refractivity contribution in [1.29, 1.82) is 0 Å². The zero-order chi connectivity index (χ0) is 17.4. The van der Waals surface area contributed by atoms with Crippen molar-refractivity contribution < 1.29 is 18.0 Å². The van der Waals surface area contributed by atoms with E-state index in [0.717, 1.165) is 12.1 Å². The van der Waals surface area contributed by atoms with Crippen LogP contribution < -0.4 is 0 Å². The third-order valence-corrected chi connectivity index (χ3v) is 5.13. The fourth-order valence-corrected chi connectivity index (χ4v) is 3.53. The first-order valence-corrected chi connectivity index (χ1v) is 8.10. The number of thiophene rings is 1. The molecule has 3 rings (SSSR count). The van der Waals surface area contributed by atoms with Gasteiger partial charge in [0.15, 0.2) is 11.6 Å². The van der Waals surface area contributed by atoms with Crippen LogP contribution >= 0.6 is 11.3 Å². The van der Waals surface area contributed by atoms with Crippen LogP contribution in [0, 0.1) is 17.5 Å². The van der Waals surface area contributed by atoms with E-state index in [0.29, 0.717) is 20.5 Å². The predicted molar refractivity (Wildman–Crippen MR) is 88.6 cm³/mol. The highest BCUT2D eigenvalue weighted by molar-refractivity contribution is 7.20. The van der Waals surface area contributed by atoms with E-state index in [9.17, 15) is 18.0 Å². The molecule has 2 aromatic carbocycles. The molecule has 0 N–H and O–H groups in total. The molecule has 1 heterocycles. The SMILES string of the molecule is CC(c1ccc(F)c(F)c1)N(C)C(=O)c1cc2c(F)cccc2s1. The van der Waals surface area contributed by atoms with Crippen LogP contribution in [0.1, 0.15) is 28.2 Å². The van der Waals surface area contributed by atoms with Crippen LogP contribution in [-0.4, -0.2) is 17.9 Å². The number of carbonyl (C=O) groups excluding carboxylic acids is 1. The minimum Gasteiger partial charge on any atom is -0.334 e. The molecular weight excluding hydrogens is 335 g/mol. The molecule has 0 aliphatic heterocycles. The first kappa shape index (κ1) is 16.5. The zero-order valence-corrected chi connectivity index (χ0v) is 13.8. The van der Waals surface area contributed by atoms with Crippen LogP contribution in [0.3, 0.4) is 0 Å². The van der Waals surface area contributed by atoms with Crippen LogP contribution in [0.4, 0.5) is 13.2 Å². The van der Waals surface area contributed by atoms with Gasteiger partial charge in [0.25, 0.3) is 5.91 Å². The predicted octanol–water partition coefficient (Wildman–Crippen LogP) is 5.15. The molecule has 2 nitrogen and oxygen atoms in total. The largest absolute Gasteiger partial charge is 0.334 e. The van der Waals surface area contributed by atoms with Gasteiger partial charge in [0.05, 0.1) is 10.9 Å². The summed E-state index contributed by atoms with van der Waals surface area (Å²) in [5, 5.41) is 0.403. The van der Waals surface area contributed by atoms with Crippen LogP contribution in [0.5, 0.6) is 0 Å². The molecule has 3 aromatic rings. The van der Waals surface area contributed by atoms with Crippen molar-refractivity contribution in [2.45, 2.75) is 13.0 Å². The fourth-order valence-electron chi connectivity index (χ4n) is 2.48. The van der Waals surface area contributed by atoms with E-state index < -0.39 is 17.7 Å². The number of nitrogens with zero attached hydrogens (tertiary/aromatic N) is 1. The minimum absolute atomic E-state index is 0.298. The van der Waals surface area contributed by atoms with Gasteiger partial charge in [0.2, 0.25) is 0 Å². The Labute approximate surface area is 141 Å². The molecule has 1 atom stereocenters. The number of carbonyl (C=O) groups is 1. The van der Waals surface area contributed by atoms with Gasteiger partial charge in [-0.2, -0.15) is 0 Å². The molecule has 6 heteroatoms. The molecule has 0 spiro atoms. The van der Waals surface area contributed by atoms with Gasteiger partial charge in [-0.15, -0.1) is 11.3 Å². The summed E-state index contributed by atoms with van der Waals surface area (Å²) in [7, 11) is 1.58. The van der Waals surface area contributed by atoms with Crippen LogP contribution in [0.2, 0.25) is 0 Å². The molecule has 1 aromatic heterocycles. The molecular formula is C18H14F3NOS. The van der Waals surface area contributed by atoms with Gasteiger partial charge in [0, 0.05) is 17.1 Å². The van der Waals surface area contributed by atoms with E-state index in [4.69, 9.17) is 0 Å². The Bertz CT molecular complexity index is 922. The molecule has 0 aliphatic carbocycles. The average molecular weight is 349 g/mol. The Morgan fingerprint density at radius 2 is 1.79 bits per heavy atom. The molecule has 0 radical (unpaired) electrons. The maximum Gasteiger partial charge on any atom is 0.264 e. The lowest BCUT2D eigenvalue weighted by Gasteiger charge is -2.25. The van der Waals surface area contributed by atoms with Gasteiger partial charge < -0.3 is 4.90 Å². The highest BCUT2D eigenvalue weighted by Crippen LogP contribution is 2.30. The molecule has 1 amide bonds. The summed E-state index contributed by atoms with van der Waals surface area (Å²) in [6.45, 7) is 1.72.